The zero-order valence-electron chi connectivity index (χ0n) is 11.6. The van der Waals surface area contributed by atoms with Crippen molar-refractivity contribution in [3.05, 3.63) is 46.2 Å². The van der Waals surface area contributed by atoms with Crippen molar-refractivity contribution < 1.29 is 4.74 Å². The van der Waals surface area contributed by atoms with E-state index in [4.69, 9.17) is 21.6 Å². The number of nitrogens with zero attached hydrogens (tertiary/aromatic N) is 3. The largest absolute Gasteiger partial charge is 0.493 e. The minimum absolute atomic E-state index is 0.574. The van der Waals surface area contributed by atoms with E-state index < -0.39 is 0 Å². The van der Waals surface area contributed by atoms with Gasteiger partial charge in [-0.05, 0) is 32.0 Å². The first-order valence-corrected chi connectivity index (χ1v) is 6.82. The summed E-state index contributed by atoms with van der Waals surface area (Å²) in [6.45, 7) is 5.19. The number of benzene rings is 1. The number of rotatable bonds is 5. The van der Waals surface area contributed by atoms with Crippen LogP contribution in [0.1, 0.15) is 23.4 Å². The Morgan fingerprint density at radius 1 is 1.40 bits per heavy atom. The highest BCUT2D eigenvalue weighted by molar-refractivity contribution is 6.31. The maximum absolute atomic E-state index is 8.81. The highest BCUT2D eigenvalue weighted by Crippen LogP contribution is 2.19. The van der Waals surface area contributed by atoms with Crippen LogP contribution in [0.25, 0.3) is 0 Å². The molecule has 0 saturated heterocycles. The van der Waals surface area contributed by atoms with Crippen LogP contribution in [0.2, 0.25) is 5.02 Å². The Hall–Kier alpha value is -1.99. The zero-order chi connectivity index (χ0) is 14.5. The molecule has 1 aromatic carbocycles. The maximum Gasteiger partial charge on any atom is 0.120 e. The molecule has 0 aliphatic heterocycles. The van der Waals surface area contributed by atoms with Gasteiger partial charge in [-0.1, -0.05) is 17.7 Å². The Morgan fingerprint density at radius 3 is 2.85 bits per heavy atom. The van der Waals surface area contributed by atoms with Crippen molar-refractivity contribution in [2.24, 2.45) is 0 Å². The van der Waals surface area contributed by atoms with Gasteiger partial charge in [0.15, 0.2) is 0 Å². The van der Waals surface area contributed by atoms with Crippen molar-refractivity contribution in [1.82, 2.24) is 9.78 Å². The van der Waals surface area contributed by atoms with Gasteiger partial charge >= 0.3 is 0 Å². The van der Waals surface area contributed by atoms with Crippen LogP contribution in [0.3, 0.4) is 0 Å². The third kappa shape index (κ3) is 3.31. The van der Waals surface area contributed by atoms with Crippen molar-refractivity contribution in [3.63, 3.8) is 0 Å². The second-order valence-corrected chi connectivity index (χ2v) is 4.93. The van der Waals surface area contributed by atoms with E-state index in [0.29, 0.717) is 12.2 Å². The normalized spacial score (nSPS) is 10.3. The van der Waals surface area contributed by atoms with Crippen LogP contribution in [0, 0.1) is 25.2 Å². The minimum atomic E-state index is 0.574. The summed E-state index contributed by atoms with van der Waals surface area (Å²) < 4.78 is 7.52. The molecule has 2 rings (SSSR count). The standard InChI is InChI=1S/C15H16ClN3O/c1-11-15(16)12(2)19(18-11)7-4-8-20-14-6-3-5-13(9-14)10-17/h3,5-6,9H,4,7-8H2,1-2H3. The van der Waals surface area contributed by atoms with E-state index in [2.05, 4.69) is 11.2 Å². The van der Waals surface area contributed by atoms with Crippen LogP contribution in [-0.2, 0) is 6.54 Å². The van der Waals surface area contributed by atoms with Crippen LogP contribution in [0.4, 0.5) is 0 Å². The van der Waals surface area contributed by atoms with Crippen molar-refractivity contribution in [1.29, 1.82) is 5.26 Å². The first kappa shape index (κ1) is 14.4. The molecular weight excluding hydrogens is 274 g/mol. The van der Waals surface area contributed by atoms with Gasteiger partial charge in [-0.2, -0.15) is 10.4 Å². The molecule has 0 aliphatic carbocycles. The van der Waals surface area contributed by atoms with E-state index in [1.807, 2.05) is 30.7 Å². The summed E-state index contributed by atoms with van der Waals surface area (Å²) in [5.74, 6) is 0.718. The highest BCUT2D eigenvalue weighted by Gasteiger charge is 2.08. The van der Waals surface area contributed by atoms with E-state index in [-0.39, 0.29) is 0 Å². The predicted molar refractivity (Wildman–Crippen MR) is 78.0 cm³/mol. The Morgan fingerprint density at radius 2 is 2.20 bits per heavy atom. The molecule has 5 heteroatoms. The molecule has 0 spiro atoms. The van der Waals surface area contributed by atoms with Gasteiger partial charge < -0.3 is 4.74 Å². The van der Waals surface area contributed by atoms with E-state index in [1.165, 1.54) is 0 Å². The van der Waals surface area contributed by atoms with Gasteiger partial charge in [-0.25, -0.2) is 0 Å². The number of aryl methyl sites for hydroxylation is 2. The number of hydrogen-bond donors (Lipinski definition) is 0. The second-order valence-electron chi connectivity index (χ2n) is 4.55. The minimum Gasteiger partial charge on any atom is -0.493 e. The topological polar surface area (TPSA) is 50.8 Å². The van der Waals surface area contributed by atoms with Gasteiger partial charge in [0.2, 0.25) is 0 Å². The number of nitriles is 1. The molecule has 0 atom stereocenters. The third-order valence-electron chi connectivity index (χ3n) is 3.04. The lowest BCUT2D eigenvalue weighted by molar-refractivity contribution is 0.298. The Kier molecular flexibility index (Phi) is 4.65. The summed E-state index contributed by atoms with van der Waals surface area (Å²) in [6.07, 6.45) is 0.828. The first-order chi connectivity index (χ1) is 9.61. The molecule has 104 valence electrons. The van der Waals surface area contributed by atoms with Gasteiger partial charge in [-0.15, -0.1) is 0 Å². The molecule has 20 heavy (non-hydrogen) atoms. The summed E-state index contributed by atoms with van der Waals surface area (Å²) in [6, 6.07) is 9.24. The molecule has 0 fully saturated rings. The number of halogens is 1. The zero-order valence-corrected chi connectivity index (χ0v) is 12.3. The Balaban J connectivity index is 1.84. The van der Waals surface area contributed by atoms with Crippen molar-refractivity contribution >= 4 is 11.6 Å². The number of ether oxygens (including phenoxy) is 1. The van der Waals surface area contributed by atoms with Crippen LogP contribution in [0.5, 0.6) is 5.75 Å². The fourth-order valence-electron chi connectivity index (χ4n) is 1.95. The molecule has 4 nitrogen and oxygen atoms in total. The number of hydrogen-bond acceptors (Lipinski definition) is 3. The molecule has 0 saturated carbocycles. The van der Waals surface area contributed by atoms with Crippen molar-refractivity contribution in [3.8, 4) is 11.8 Å². The van der Waals surface area contributed by atoms with Gasteiger partial charge in [0.05, 0.1) is 34.7 Å². The maximum atomic E-state index is 8.81. The summed E-state index contributed by atoms with van der Waals surface area (Å²) in [5, 5.41) is 13.9. The SMILES string of the molecule is Cc1nn(CCCOc2cccc(C#N)c2)c(C)c1Cl. The van der Waals surface area contributed by atoms with E-state index >= 15 is 0 Å². The smallest absolute Gasteiger partial charge is 0.120 e. The summed E-state index contributed by atoms with van der Waals surface area (Å²) in [7, 11) is 0. The molecular formula is C15H16ClN3O. The number of aromatic nitrogens is 2. The lowest BCUT2D eigenvalue weighted by Gasteiger charge is -2.07. The van der Waals surface area contributed by atoms with Crippen molar-refractivity contribution in [2.75, 3.05) is 6.61 Å². The molecule has 0 amide bonds. The van der Waals surface area contributed by atoms with Crippen LogP contribution in [-0.4, -0.2) is 16.4 Å². The van der Waals surface area contributed by atoms with Crippen LogP contribution < -0.4 is 4.74 Å². The molecule has 1 aromatic heterocycles. The highest BCUT2D eigenvalue weighted by atomic mass is 35.5. The monoisotopic (exact) mass is 289 g/mol. The lowest BCUT2D eigenvalue weighted by Crippen LogP contribution is -2.07. The summed E-state index contributed by atoms with van der Waals surface area (Å²) in [5.41, 5.74) is 2.44. The first-order valence-electron chi connectivity index (χ1n) is 6.44. The van der Waals surface area contributed by atoms with Gasteiger partial charge in [0.25, 0.3) is 0 Å². The molecule has 0 radical (unpaired) electrons. The molecule has 2 aromatic rings. The molecule has 0 N–H and O–H groups in total. The predicted octanol–water partition coefficient (Wildman–Crippen LogP) is 3.49. The van der Waals surface area contributed by atoms with Gasteiger partial charge in [0, 0.05) is 13.0 Å². The fourth-order valence-corrected chi connectivity index (χ4v) is 2.09. The summed E-state index contributed by atoms with van der Waals surface area (Å²) >= 11 is 6.10. The van der Waals surface area contributed by atoms with Gasteiger partial charge in [0.1, 0.15) is 5.75 Å². The average molecular weight is 290 g/mol. The fraction of sp³-hybridized carbons (Fsp3) is 0.333. The van der Waals surface area contributed by atoms with E-state index in [0.717, 1.165) is 35.1 Å². The van der Waals surface area contributed by atoms with Gasteiger partial charge in [-0.3, -0.25) is 4.68 Å². The third-order valence-corrected chi connectivity index (χ3v) is 3.59. The van der Waals surface area contributed by atoms with Crippen molar-refractivity contribution in [2.45, 2.75) is 26.8 Å². The van der Waals surface area contributed by atoms with Crippen LogP contribution in [0.15, 0.2) is 24.3 Å². The molecule has 1 heterocycles. The molecule has 0 bridgehead atoms. The van der Waals surface area contributed by atoms with E-state index in [9.17, 15) is 0 Å². The molecule has 0 unspecified atom stereocenters. The average Bonchev–Trinajstić information content (AvgIpc) is 2.71. The Bertz CT molecular complexity index is 643. The lowest BCUT2D eigenvalue weighted by atomic mass is 10.2. The second kappa shape index (κ2) is 6.44. The Labute approximate surface area is 123 Å². The van der Waals surface area contributed by atoms with E-state index in [1.54, 1.807) is 12.1 Å². The van der Waals surface area contributed by atoms with Crippen LogP contribution >= 0.6 is 11.6 Å². The quantitative estimate of drug-likeness (QED) is 0.792. The summed E-state index contributed by atoms with van der Waals surface area (Å²) in [4.78, 5) is 0. The molecule has 0 aliphatic rings.